The largest absolute Gasteiger partial charge is 0.448 e. The fraction of sp³-hybridized carbons (Fsp3) is 0.0556. The molecular weight excluding hydrogens is 480 g/mol. The number of carbonyl (C=O) groups excluding carboxylic acids is 1. The summed E-state index contributed by atoms with van der Waals surface area (Å²) in [6.07, 6.45) is 6.22. The number of pyridine rings is 1. The van der Waals surface area contributed by atoms with E-state index in [1.165, 1.54) is 24.8 Å². The Balaban J connectivity index is 1.61. The number of H-pyrrole nitrogens is 1. The second-order valence-corrected chi connectivity index (χ2v) is 6.95. The number of fused-ring (bicyclic) bond motifs is 1. The number of aromatic amines is 1. The lowest BCUT2D eigenvalue weighted by atomic mass is 10.2. The highest BCUT2D eigenvalue weighted by Crippen LogP contribution is 2.33. The molecule has 0 aliphatic rings. The predicted octanol–water partition coefficient (Wildman–Crippen LogP) is 3.90. The third kappa shape index (κ3) is 3.82. The van der Waals surface area contributed by atoms with Crippen molar-refractivity contribution in [3.8, 4) is 0 Å². The van der Waals surface area contributed by atoms with Crippen molar-refractivity contribution in [3.05, 3.63) is 70.0 Å². The first-order valence-electron chi connectivity index (χ1n) is 8.10. The van der Waals surface area contributed by atoms with Gasteiger partial charge >= 0.3 is 5.91 Å². The molecule has 28 heavy (non-hydrogen) atoms. The highest BCUT2D eigenvalue weighted by Gasteiger charge is 2.22. The van der Waals surface area contributed by atoms with Crippen LogP contribution in [0.15, 0.2) is 53.6 Å². The number of amides is 1. The maximum Gasteiger partial charge on any atom is 0.312 e. The molecule has 1 amide bonds. The van der Waals surface area contributed by atoms with Crippen molar-refractivity contribution in [2.75, 3.05) is 5.32 Å². The van der Waals surface area contributed by atoms with Crippen molar-refractivity contribution in [2.45, 2.75) is 6.61 Å². The van der Waals surface area contributed by atoms with Gasteiger partial charge in [-0.05, 0) is 46.9 Å². The molecule has 0 bridgehead atoms. The van der Waals surface area contributed by atoms with Crippen molar-refractivity contribution in [3.63, 3.8) is 0 Å². The van der Waals surface area contributed by atoms with Crippen molar-refractivity contribution < 1.29 is 18.4 Å². The number of imidazole rings is 1. The number of anilines is 2. The summed E-state index contributed by atoms with van der Waals surface area (Å²) in [4.78, 5) is 28.6. The minimum Gasteiger partial charge on any atom is -0.448 e. The van der Waals surface area contributed by atoms with Crippen LogP contribution in [-0.4, -0.2) is 20.9 Å². The number of nitrogens with zero attached hydrogens (tertiary/aromatic N) is 2. The Morgan fingerprint density at radius 1 is 1.36 bits per heavy atom. The summed E-state index contributed by atoms with van der Waals surface area (Å²) in [5.41, 5.74) is 3.86. The van der Waals surface area contributed by atoms with E-state index in [9.17, 15) is 9.18 Å². The van der Waals surface area contributed by atoms with E-state index >= 15 is 0 Å². The Morgan fingerprint density at radius 2 is 2.25 bits per heavy atom. The predicted molar refractivity (Wildman–Crippen MR) is 107 cm³/mol. The number of hydrogen-bond acceptors (Lipinski definition) is 6. The Bertz CT molecular complexity index is 1130. The normalized spacial score (nSPS) is 10.9. The maximum atomic E-state index is 14.3. The number of hydrogen-bond donors (Lipinski definition) is 3. The third-order valence-electron chi connectivity index (χ3n) is 3.83. The van der Waals surface area contributed by atoms with Crippen molar-refractivity contribution in [1.29, 1.82) is 0 Å². The zero-order valence-corrected chi connectivity index (χ0v) is 16.4. The van der Waals surface area contributed by atoms with Crippen molar-refractivity contribution in [1.82, 2.24) is 20.4 Å². The standard InChI is InChI=1S/C18H13FIN5O3/c19-13-5-10(20)1-2-14(13)24-16-12-7-21-4-3-15(12)28-17(16)18(26)25-27-8-11-6-22-9-23-11/h1-7,9,24H,8H2,(H,22,23)(H,25,26). The molecule has 3 heterocycles. The van der Waals surface area contributed by atoms with E-state index in [0.29, 0.717) is 22.4 Å². The molecule has 8 nitrogen and oxygen atoms in total. The first-order valence-corrected chi connectivity index (χ1v) is 9.18. The van der Waals surface area contributed by atoms with Gasteiger partial charge in [-0.1, -0.05) is 0 Å². The second kappa shape index (κ2) is 7.94. The van der Waals surface area contributed by atoms with Crippen molar-refractivity contribution in [2.24, 2.45) is 0 Å². The average molecular weight is 493 g/mol. The Morgan fingerprint density at radius 3 is 3.04 bits per heavy atom. The first-order chi connectivity index (χ1) is 13.6. The number of benzene rings is 1. The number of furan rings is 1. The average Bonchev–Trinajstić information content (AvgIpc) is 3.32. The van der Waals surface area contributed by atoms with E-state index < -0.39 is 11.7 Å². The molecule has 0 aliphatic carbocycles. The fourth-order valence-corrected chi connectivity index (χ4v) is 3.00. The van der Waals surface area contributed by atoms with E-state index in [4.69, 9.17) is 9.25 Å². The summed E-state index contributed by atoms with van der Waals surface area (Å²) in [5.74, 6) is -1.13. The molecule has 0 saturated heterocycles. The zero-order valence-electron chi connectivity index (χ0n) is 14.2. The quantitative estimate of drug-likeness (QED) is 0.278. The molecule has 3 N–H and O–H groups in total. The molecule has 0 spiro atoms. The van der Waals surface area contributed by atoms with E-state index in [2.05, 4.69) is 25.7 Å². The molecule has 1 aromatic carbocycles. The summed E-state index contributed by atoms with van der Waals surface area (Å²) >= 11 is 2.02. The van der Waals surface area contributed by atoms with Crippen molar-refractivity contribution >= 4 is 50.8 Å². The SMILES string of the molecule is O=C(NOCc1c[nH]cn1)c1oc2ccncc2c1Nc1ccc(I)cc1F. The van der Waals surface area contributed by atoms with Crippen LogP contribution in [0.3, 0.4) is 0 Å². The lowest BCUT2D eigenvalue weighted by Gasteiger charge is -2.09. The van der Waals surface area contributed by atoms with Crippen LogP contribution in [-0.2, 0) is 11.4 Å². The zero-order chi connectivity index (χ0) is 19.5. The van der Waals surface area contributed by atoms with Gasteiger partial charge in [0, 0.05) is 22.2 Å². The van der Waals surface area contributed by atoms with E-state index in [-0.39, 0.29) is 18.1 Å². The van der Waals surface area contributed by atoms with Crippen LogP contribution < -0.4 is 10.8 Å². The van der Waals surface area contributed by atoms with Crippen LogP contribution in [0.1, 0.15) is 16.2 Å². The molecule has 3 aromatic heterocycles. The second-order valence-electron chi connectivity index (χ2n) is 5.71. The van der Waals surface area contributed by atoms with Gasteiger partial charge in [0.1, 0.15) is 23.7 Å². The molecular formula is C18H13FIN5O3. The molecule has 0 saturated carbocycles. The smallest absolute Gasteiger partial charge is 0.312 e. The minimum atomic E-state index is -0.625. The number of carbonyl (C=O) groups is 1. The number of hydroxylamine groups is 1. The van der Waals surface area contributed by atoms with Gasteiger partial charge in [0.2, 0.25) is 5.76 Å². The van der Waals surface area contributed by atoms with Crippen LogP contribution in [0.5, 0.6) is 0 Å². The molecule has 10 heteroatoms. The molecule has 0 aliphatic heterocycles. The first kappa shape index (κ1) is 18.4. The van der Waals surface area contributed by atoms with Gasteiger partial charge in [-0.3, -0.25) is 14.6 Å². The van der Waals surface area contributed by atoms with E-state index in [1.54, 1.807) is 24.4 Å². The summed E-state index contributed by atoms with van der Waals surface area (Å²) in [6, 6.07) is 6.34. The molecule has 0 radical (unpaired) electrons. The number of rotatable bonds is 6. The summed E-state index contributed by atoms with van der Waals surface area (Å²) in [7, 11) is 0. The van der Waals surface area contributed by atoms with Gasteiger partial charge in [-0.15, -0.1) is 0 Å². The van der Waals surface area contributed by atoms with Crippen LogP contribution >= 0.6 is 22.6 Å². The number of nitrogens with one attached hydrogen (secondary N) is 3. The Labute approximate surface area is 171 Å². The summed E-state index contributed by atoms with van der Waals surface area (Å²) in [6.45, 7) is 0.0749. The topological polar surface area (TPSA) is 105 Å². The number of aromatic nitrogens is 3. The highest BCUT2D eigenvalue weighted by molar-refractivity contribution is 14.1. The number of halogens is 2. The summed E-state index contributed by atoms with van der Waals surface area (Å²) in [5, 5.41) is 3.47. The van der Waals surface area contributed by atoms with Crippen LogP contribution in [0, 0.1) is 9.39 Å². The maximum absolute atomic E-state index is 14.3. The molecule has 0 fully saturated rings. The third-order valence-corrected chi connectivity index (χ3v) is 4.50. The van der Waals surface area contributed by atoms with Gasteiger partial charge in [0.15, 0.2) is 0 Å². The van der Waals surface area contributed by atoms with Gasteiger partial charge < -0.3 is 14.7 Å². The fourth-order valence-electron chi connectivity index (χ4n) is 2.54. The van der Waals surface area contributed by atoms with E-state index in [1.807, 2.05) is 22.6 Å². The highest BCUT2D eigenvalue weighted by atomic mass is 127. The lowest BCUT2D eigenvalue weighted by molar-refractivity contribution is 0.0204. The summed E-state index contributed by atoms with van der Waals surface area (Å²) < 4.78 is 20.7. The molecule has 0 atom stereocenters. The van der Waals surface area contributed by atoms with Crippen LogP contribution in [0.25, 0.3) is 11.0 Å². The van der Waals surface area contributed by atoms with Crippen LogP contribution in [0.2, 0.25) is 0 Å². The molecule has 142 valence electrons. The van der Waals surface area contributed by atoms with Crippen LogP contribution in [0.4, 0.5) is 15.8 Å². The molecule has 0 unspecified atom stereocenters. The van der Waals surface area contributed by atoms with Gasteiger partial charge in [-0.25, -0.2) is 14.9 Å². The van der Waals surface area contributed by atoms with Gasteiger partial charge in [0.05, 0.1) is 23.1 Å². The lowest BCUT2D eigenvalue weighted by Crippen LogP contribution is -2.24. The molecule has 4 rings (SSSR count). The van der Waals surface area contributed by atoms with Gasteiger partial charge in [-0.2, -0.15) is 0 Å². The van der Waals surface area contributed by atoms with E-state index in [0.717, 1.165) is 3.57 Å². The Kier molecular flexibility index (Phi) is 5.21. The monoisotopic (exact) mass is 493 g/mol. The minimum absolute atomic E-state index is 0.0528. The Hall–Kier alpha value is -2.99. The molecule has 4 aromatic rings. The van der Waals surface area contributed by atoms with Gasteiger partial charge in [0.25, 0.3) is 0 Å².